The molecule has 0 bridgehead atoms. The Morgan fingerprint density at radius 1 is 1.26 bits per heavy atom. The number of aromatic nitrogens is 1. The first-order chi connectivity index (χ1) is 11.3. The molecule has 4 rings (SSSR count). The summed E-state index contributed by atoms with van der Waals surface area (Å²) in [5, 5.41) is 6.56. The summed E-state index contributed by atoms with van der Waals surface area (Å²) >= 11 is 1.66. The third-order valence-corrected chi connectivity index (χ3v) is 4.68. The molecule has 0 fully saturated rings. The summed E-state index contributed by atoms with van der Waals surface area (Å²) in [6, 6.07) is 12.1. The molecule has 5 nitrogen and oxygen atoms in total. The SMILES string of the molecule is Cc1[nH]c2ccccc2c1C1=NNC(=NCc2ccco2)SC1. The predicted molar refractivity (Wildman–Crippen MR) is 95.0 cm³/mol. The number of thioether (sulfide) groups is 1. The van der Waals surface area contributed by atoms with Crippen LogP contribution in [0.2, 0.25) is 0 Å². The highest BCUT2D eigenvalue weighted by molar-refractivity contribution is 8.14. The number of aryl methyl sites for hydroxylation is 1. The molecule has 0 spiro atoms. The standard InChI is InChI=1S/C17H16N4OS/c1-11-16(13-6-2-3-7-14(13)19-11)15-10-23-17(21-20-15)18-9-12-5-4-8-22-12/h2-8,19H,9-10H2,1H3,(H,18,21). The Kier molecular flexibility index (Phi) is 3.67. The summed E-state index contributed by atoms with van der Waals surface area (Å²) in [4.78, 5) is 7.90. The number of aromatic amines is 1. The van der Waals surface area contributed by atoms with E-state index in [1.807, 2.05) is 18.2 Å². The Labute approximate surface area is 137 Å². The number of fused-ring (bicyclic) bond motifs is 1. The maximum absolute atomic E-state index is 5.28. The first kappa shape index (κ1) is 14.1. The van der Waals surface area contributed by atoms with Crippen LogP contribution in [0.25, 0.3) is 10.9 Å². The summed E-state index contributed by atoms with van der Waals surface area (Å²) in [7, 11) is 0. The predicted octanol–water partition coefficient (Wildman–Crippen LogP) is 3.67. The zero-order chi connectivity index (χ0) is 15.6. The Bertz CT molecular complexity index is 893. The van der Waals surface area contributed by atoms with Crippen LogP contribution < -0.4 is 5.43 Å². The molecule has 0 unspecified atom stereocenters. The number of amidine groups is 1. The molecule has 0 aliphatic carbocycles. The summed E-state index contributed by atoms with van der Waals surface area (Å²) in [6.07, 6.45) is 1.66. The van der Waals surface area contributed by atoms with E-state index in [0.29, 0.717) is 6.54 Å². The fourth-order valence-corrected chi connectivity index (χ4v) is 3.47. The van der Waals surface area contributed by atoms with Gasteiger partial charge >= 0.3 is 0 Å². The lowest BCUT2D eigenvalue weighted by atomic mass is 10.1. The number of hydrazone groups is 1. The van der Waals surface area contributed by atoms with Crippen LogP contribution in [-0.2, 0) is 6.54 Å². The molecule has 0 amide bonds. The number of hydrogen-bond acceptors (Lipinski definition) is 4. The molecule has 2 N–H and O–H groups in total. The topological polar surface area (TPSA) is 65.7 Å². The molecule has 0 saturated heterocycles. The fourth-order valence-electron chi connectivity index (χ4n) is 2.73. The quantitative estimate of drug-likeness (QED) is 0.772. The maximum atomic E-state index is 5.28. The van der Waals surface area contributed by atoms with Crippen molar-refractivity contribution in [3.63, 3.8) is 0 Å². The third-order valence-electron chi connectivity index (χ3n) is 3.77. The van der Waals surface area contributed by atoms with E-state index < -0.39 is 0 Å². The molecule has 23 heavy (non-hydrogen) atoms. The number of rotatable bonds is 3. The van der Waals surface area contributed by atoms with Gasteiger partial charge in [0, 0.05) is 27.9 Å². The highest BCUT2D eigenvalue weighted by Crippen LogP contribution is 2.25. The highest BCUT2D eigenvalue weighted by Gasteiger charge is 2.18. The Morgan fingerprint density at radius 2 is 2.17 bits per heavy atom. The van der Waals surface area contributed by atoms with Gasteiger partial charge in [0.15, 0.2) is 5.17 Å². The van der Waals surface area contributed by atoms with Gasteiger partial charge in [0.05, 0.1) is 18.5 Å². The number of aliphatic imine (C=N–C) groups is 1. The first-order valence-corrected chi connectivity index (χ1v) is 8.40. The lowest BCUT2D eigenvalue weighted by molar-refractivity contribution is 0.512. The van der Waals surface area contributed by atoms with E-state index in [9.17, 15) is 0 Å². The molecule has 1 aromatic carbocycles. The van der Waals surface area contributed by atoms with Gasteiger partial charge in [0.1, 0.15) is 5.76 Å². The molecule has 116 valence electrons. The van der Waals surface area contributed by atoms with Crippen LogP contribution >= 0.6 is 11.8 Å². The van der Waals surface area contributed by atoms with Gasteiger partial charge in [0.2, 0.25) is 0 Å². The average Bonchev–Trinajstić information content (AvgIpc) is 3.20. The van der Waals surface area contributed by atoms with Crippen molar-refractivity contribution in [2.45, 2.75) is 13.5 Å². The van der Waals surface area contributed by atoms with Crippen molar-refractivity contribution in [2.75, 3.05) is 5.75 Å². The van der Waals surface area contributed by atoms with Crippen molar-refractivity contribution in [2.24, 2.45) is 10.1 Å². The molecule has 2 aromatic heterocycles. The van der Waals surface area contributed by atoms with Gasteiger partial charge in [-0.25, -0.2) is 0 Å². The van der Waals surface area contributed by atoms with Gasteiger partial charge in [-0.05, 0) is 25.1 Å². The zero-order valence-electron chi connectivity index (χ0n) is 12.7. The number of hydrogen-bond donors (Lipinski definition) is 2. The maximum Gasteiger partial charge on any atom is 0.177 e. The Balaban J connectivity index is 1.57. The van der Waals surface area contributed by atoms with Crippen molar-refractivity contribution in [1.82, 2.24) is 10.4 Å². The molecule has 3 heterocycles. The monoisotopic (exact) mass is 324 g/mol. The van der Waals surface area contributed by atoms with Crippen LogP contribution in [-0.4, -0.2) is 21.6 Å². The minimum absolute atomic E-state index is 0.527. The molecular weight excluding hydrogens is 308 g/mol. The normalized spacial score (nSPS) is 16.6. The van der Waals surface area contributed by atoms with E-state index in [1.165, 1.54) is 10.9 Å². The second-order valence-electron chi connectivity index (χ2n) is 5.33. The number of para-hydroxylation sites is 1. The van der Waals surface area contributed by atoms with Crippen LogP contribution in [0.3, 0.4) is 0 Å². The third kappa shape index (κ3) is 2.77. The van der Waals surface area contributed by atoms with Gasteiger partial charge < -0.3 is 9.40 Å². The number of furan rings is 1. The minimum Gasteiger partial charge on any atom is -0.467 e. The van der Waals surface area contributed by atoms with Gasteiger partial charge in [-0.1, -0.05) is 30.0 Å². The molecule has 0 radical (unpaired) electrons. The summed E-state index contributed by atoms with van der Waals surface area (Å²) in [5.74, 6) is 1.65. The van der Waals surface area contributed by atoms with Crippen LogP contribution in [0.1, 0.15) is 17.0 Å². The second kappa shape index (κ2) is 5.96. The number of benzene rings is 1. The molecule has 1 aliphatic rings. The lowest BCUT2D eigenvalue weighted by Crippen LogP contribution is -2.25. The molecule has 1 aliphatic heterocycles. The number of nitrogens with zero attached hydrogens (tertiary/aromatic N) is 2. The van der Waals surface area contributed by atoms with Crippen LogP contribution in [0.4, 0.5) is 0 Å². The van der Waals surface area contributed by atoms with Crippen molar-refractivity contribution in [3.05, 3.63) is 59.7 Å². The lowest BCUT2D eigenvalue weighted by Gasteiger charge is -2.15. The van der Waals surface area contributed by atoms with Gasteiger partial charge in [-0.2, -0.15) is 5.10 Å². The fraction of sp³-hybridized carbons (Fsp3) is 0.176. The van der Waals surface area contributed by atoms with E-state index >= 15 is 0 Å². The number of nitrogens with one attached hydrogen (secondary N) is 2. The van der Waals surface area contributed by atoms with E-state index in [2.05, 4.69) is 45.6 Å². The zero-order valence-corrected chi connectivity index (χ0v) is 13.5. The van der Waals surface area contributed by atoms with Gasteiger partial charge in [-0.15, -0.1) is 0 Å². The van der Waals surface area contributed by atoms with Crippen molar-refractivity contribution in [1.29, 1.82) is 0 Å². The molecule has 0 saturated carbocycles. The molecule has 3 aromatic rings. The van der Waals surface area contributed by atoms with Crippen molar-refractivity contribution in [3.8, 4) is 0 Å². The molecule has 0 atom stereocenters. The van der Waals surface area contributed by atoms with Crippen LogP contribution in [0.5, 0.6) is 0 Å². The smallest absolute Gasteiger partial charge is 0.177 e. The van der Waals surface area contributed by atoms with Gasteiger partial charge in [-0.3, -0.25) is 10.4 Å². The van der Waals surface area contributed by atoms with Crippen LogP contribution in [0.15, 0.2) is 57.2 Å². The van der Waals surface area contributed by atoms with E-state index in [1.54, 1.807) is 18.0 Å². The number of H-pyrrole nitrogens is 1. The van der Waals surface area contributed by atoms with Crippen molar-refractivity contribution < 1.29 is 4.42 Å². The second-order valence-corrected chi connectivity index (χ2v) is 6.29. The Hall–Kier alpha value is -2.47. The molecule has 6 heteroatoms. The van der Waals surface area contributed by atoms with E-state index in [-0.39, 0.29) is 0 Å². The summed E-state index contributed by atoms with van der Waals surface area (Å²) < 4.78 is 5.28. The minimum atomic E-state index is 0.527. The summed E-state index contributed by atoms with van der Waals surface area (Å²) in [5.41, 5.74) is 7.57. The van der Waals surface area contributed by atoms with Crippen molar-refractivity contribution >= 4 is 33.5 Å². The van der Waals surface area contributed by atoms with Crippen LogP contribution in [0, 0.1) is 6.92 Å². The highest BCUT2D eigenvalue weighted by atomic mass is 32.2. The average molecular weight is 324 g/mol. The largest absolute Gasteiger partial charge is 0.467 e. The Morgan fingerprint density at radius 3 is 2.96 bits per heavy atom. The molecular formula is C17H16N4OS. The van der Waals surface area contributed by atoms with E-state index in [4.69, 9.17) is 4.42 Å². The van der Waals surface area contributed by atoms with E-state index in [0.717, 1.165) is 33.6 Å². The first-order valence-electron chi connectivity index (χ1n) is 7.41. The van der Waals surface area contributed by atoms with Gasteiger partial charge in [0.25, 0.3) is 0 Å². The summed E-state index contributed by atoms with van der Waals surface area (Å²) in [6.45, 7) is 2.61.